The molecule has 0 saturated heterocycles. The molecule has 0 spiro atoms. The summed E-state index contributed by atoms with van der Waals surface area (Å²) in [5.41, 5.74) is 8.14. The number of benzene rings is 2. The highest BCUT2D eigenvalue weighted by Crippen LogP contribution is 2.35. The first kappa shape index (κ1) is 15.6. The summed E-state index contributed by atoms with van der Waals surface area (Å²) in [5.74, 6) is 0. The fraction of sp³-hybridized carbons (Fsp3) is 0.182. The first-order valence-electron chi connectivity index (χ1n) is 8.61. The predicted molar refractivity (Wildman–Crippen MR) is 104 cm³/mol. The molecule has 4 rings (SSSR count). The Hall–Kier alpha value is -2.94. The number of hydrogen-bond acceptors (Lipinski definition) is 2. The average Bonchev–Trinajstić information content (AvgIpc) is 3.05. The molecular formula is C22H21N3. The van der Waals surface area contributed by atoms with Crippen LogP contribution in [0.2, 0.25) is 0 Å². The summed E-state index contributed by atoms with van der Waals surface area (Å²) >= 11 is 0. The Morgan fingerprint density at radius 1 is 0.920 bits per heavy atom. The molecule has 0 amide bonds. The number of rotatable bonds is 3. The SMILES string of the molecule is Cc1ccc(-c2cc3ncn(C(C)C)c3cc2-c2cccnc2)cc1. The number of imidazole rings is 1. The maximum atomic E-state index is 4.63. The molecule has 25 heavy (non-hydrogen) atoms. The molecule has 0 saturated carbocycles. The van der Waals surface area contributed by atoms with E-state index in [2.05, 4.69) is 77.8 Å². The van der Waals surface area contributed by atoms with Gasteiger partial charge in [0.25, 0.3) is 0 Å². The molecule has 3 nitrogen and oxygen atoms in total. The first-order valence-corrected chi connectivity index (χ1v) is 8.61. The third-order valence-electron chi connectivity index (χ3n) is 4.61. The second-order valence-corrected chi connectivity index (χ2v) is 6.74. The molecule has 4 aromatic rings. The normalized spacial score (nSPS) is 11.4. The van der Waals surface area contributed by atoms with Crippen molar-refractivity contribution in [2.45, 2.75) is 26.8 Å². The van der Waals surface area contributed by atoms with Crippen molar-refractivity contribution >= 4 is 11.0 Å². The van der Waals surface area contributed by atoms with Crippen LogP contribution in [0.15, 0.2) is 67.3 Å². The Labute approximate surface area is 148 Å². The standard InChI is InChI=1S/C22H21N3/c1-15(2)25-14-24-21-11-19(17-8-6-16(3)7-9-17)20(12-22(21)25)18-5-4-10-23-13-18/h4-15H,1-3H3. The van der Waals surface area contributed by atoms with Crippen LogP contribution in [0.1, 0.15) is 25.5 Å². The van der Waals surface area contributed by atoms with Crippen molar-refractivity contribution in [2.24, 2.45) is 0 Å². The molecule has 0 atom stereocenters. The molecule has 0 N–H and O–H groups in total. The molecule has 2 aromatic carbocycles. The highest BCUT2D eigenvalue weighted by atomic mass is 15.1. The molecule has 0 bridgehead atoms. The lowest BCUT2D eigenvalue weighted by atomic mass is 9.94. The third-order valence-corrected chi connectivity index (χ3v) is 4.61. The zero-order valence-corrected chi connectivity index (χ0v) is 14.8. The fourth-order valence-corrected chi connectivity index (χ4v) is 3.22. The highest BCUT2D eigenvalue weighted by molar-refractivity contribution is 5.93. The molecular weight excluding hydrogens is 306 g/mol. The molecule has 0 aliphatic rings. The lowest BCUT2D eigenvalue weighted by molar-refractivity contribution is 0.617. The maximum Gasteiger partial charge on any atom is 0.0960 e. The van der Waals surface area contributed by atoms with Crippen LogP contribution >= 0.6 is 0 Å². The molecule has 2 heterocycles. The van der Waals surface area contributed by atoms with E-state index < -0.39 is 0 Å². The van der Waals surface area contributed by atoms with Gasteiger partial charge in [0.1, 0.15) is 0 Å². The summed E-state index contributed by atoms with van der Waals surface area (Å²) in [6, 6.07) is 17.6. The van der Waals surface area contributed by atoms with Crippen LogP contribution in [0, 0.1) is 6.92 Å². The Morgan fingerprint density at radius 3 is 2.36 bits per heavy atom. The van der Waals surface area contributed by atoms with Crippen LogP contribution in [-0.2, 0) is 0 Å². The van der Waals surface area contributed by atoms with Crippen molar-refractivity contribution in [1.29, 1.82) is 0 Å². The van der Waals surface area contributed by atoms with Gasteiger partial charge in [-0.1, -0.05) is 35.9 Å². The van der Waals surface area contributed by atoms with Crippen molar-refractivity contribution in [3.8, 4) is 22.3 Å². The molecule has 2 aromatic heterocycles. The van der Waals surface area contributed by atoms with Crippen LogP contribution in [-0.4, -0.2) is 14.5 Å². The minimum atomic E-state index is 0.372. The third kappa shape index (κ3) is 2.82. The minimum absolute atomic E-state index is 0.372. The monoisotopic (exact) mass is 327 g/mol. The van der Waals surface area contributed by atoms with Gasteiger partial charge in [0.15, 0.2) is 0 Å². The Morgan fingerprint density at radius 2 is 1.68 bits per heavy atom. The van der Waals surface area contributed by atoms with E-state index in [0.717, 1.165) is 16.6 Å². The van der Waals surface area contributed by atoms with E-state index in [4.69, 9.17) is 0 Å². The summed E-state index contributed by atoms with van der Waals surface area (Å²) in [7, 11) is 0. The van der Waals surface area contributed by atoms with Gasteiger partial charge in [0.05, 0.1) is 17.4 Å². The van der Waals surface area contributed by atoms with Crippen LogP contribution in [0.25, 0.3) is 33.3 Å². The Bertz CT molecular complexity index is 1010. The second kappa shape index (κ2) is 6.17. The quantitative estimate of drug-likeness (QED) is 0.486. The van der Waals surface area contributed by atoms with E-state index >= 15 is 0 Å². The summed E-state index contributed by atoms with van der Waals surface area (Å²) in [6.07, 6.45) is 5.67. The van der Waals surface area contributed by atoms with E-state index in [1.807, 2.05) is 24.8 Å². The molecule has 0 aliphatic carbocycles. The molecule has 0 unspecified atom stereocenters. The maximum absolute atomic E-state index is 4.63. The van der Waals surface area contributed by atoms with Gasteiger partial charge < -0.3 is 4.57 Å². The summed E-state index contributed by atoms with van der Waals surface area (Å²) in [4.78, 5) is 8.94. The molecule has 3 heteroatoms. The zero-order chi connectivity index (χ0) is 17.4. The number of pyridine rings is 1. The minimum Gasteiger partial charge on any atom is -0.328 e. The van der Waals surface area contributed by atoms with Crippen LogP contribution < -0.4 is 0 Å². The smallest absolute Gasteiger partial charge is 0.0960 e. The summed E-state index contributed by atoms with van der Waals surface area (Å²) in [6.45, 7) is 6.47. The first-order chi connectivity index (χ1) is 12.1. The van der Waals surface area contributed by atoms with E-state index in [1.54, 1.807) is 0 Å². The van der Waals surface area contributed by atoms with E-state index in [1.165, 1.54) is 22.3 Å². The topological polar surface area (TPSA) is 30.7 Å². The van der Waals surface area contributed by atoms with E-state index in [-0.39, 0.29) is 0 Å². The van der Waals surface area contributed by atoms with Gasteiger partial charge >= 0.3 is 0 Å². The van der Waals surface area contributed by atoms with Crippen molar-refractivity contribution in [1.82, 2.24) is 14.5 Å². The number of hydrogen-bond donors (Lipinski definition) is 0. The van der Waals surface area contributed by atoms with Crippen molar-refractivity contribution in [2.75, 3.05) is 0 Å². The average molecular weight is 327 g/mol. The van der Waals surface area contributed by atoms with Gasteiger partial charge in [-0.3, -0.25) is 4.98 Å². The molecule has 0 radical (unpaired) electrons. The number of fused-ring (bicyclic) bond motifs is 1. The van der Waals surface area contributed by atoms with Crippen molar-refractivity contribution in [3.05, 3.63) is 72.8 Å². The lowest BCUT2D eigenvalue weighted by Gasteiger charge is -2.13. The lowest BCUT2D eigenvalue weighted by Crippen LogP contribution is -1.98. The van der Waals surface area contributed by atoms with Crippen molar-refractivity contribution < 1.29 is 0 Å². The van der Waals surface area contributed by atoms with Crippen molar-refractivity contribution in [3.63, 3.8) is 0 Å². The van der Waals surface area contributed by atoms with Gasteiger partial charge in [-0.25, -0.2) is 4.98 Å². The van der Waals surface area contributed by atoms with Crippen LogP contribution in [0.5, 0.6) is 0 Å². The number of aryl methyl sites for hydroxylation is 1. The number of aromatic nitrogens is 3. The van der Waals surface area contributed by atoms with Gasteiger partial charge in [-0.15, -0.1) is 0 Å². The molecule has 0 fully saturated rings. The zero-order valence-electron chi connectivity index (χ0n) is 14.8. The van der Waals surface area contributed by atoms with Gasteiger partial charge in [-0.2, -0.15) is 0 Å². The van der Waals surface area contributed by atoms with Crippen LogP contribution in [0.3, 0.4) is 0 Å². The van der Waals surface area contributed by atoms with Gasteiger partial charge in [-0.05, 0) is 55.7 Å². The van der Waals surface area contributed by atoms with E-state index in [9.17, 15) is 0 Å². The molecule has 124 valence electrons. The van der Waals surface area contributed by atoms with E-state index in [0.29, 0.717) is 6.04 Å². The predicted octanol–water partition coefficient (Wildman–Crippen LogP) is 5.65. The molecule has 0 aliphatic heterocycles. The van der Waals surface area contributed by atoms with Gasteiger partial charge in [0.2, 0.25) is 0 Å². The summed E-state index contributed by atoms with van der Waals surface area (Å²) in [5, 5.41) is 0. The highest BCUT2D eigenvalue weighted by Gasteiger charge is 2.14. The Balaban J connectivity index is 2.01. The largest absolute Gasteiger partial charge is 0.328 e. The van der Waals surface area contributed by atoms with Crippen LogP contribution in [0.4, 0.5) is 0 Å². The Kier molecular flexibility index (Phi) is 3.85. The second-order valence-electron chi connectivity index (χ2n) is 6.74. The fourth-order valence-electron chi connectivity index (χ4n) is 3.22. The van der Waals surface area contributed by atoms with Gasteiger partial charge in [0, 0.05) is 24.0 Å². The number of nitrogens with zero attached hydrogens (tertiary/aromatic N) is 3. The summed E-state index contributed by atoms with van der Waals surface area (Å²) < 4.78 is 2.22.